The van der Waals surface area contributed by atoms with Gasteiger partial charge in [0, 0.05) is 19.4 Å². The Hall–Kier alpha value is -2.17. The van der Waals surface area contributed by atoms with E-state index in [-0.39, 0.29) is 17.9 Å². The van der Waals surface area contributed by atoms with Crippen molar-refractivity contribution >= 4 is 11.7 Å². The molecule has 5 nitrogen and oxygen atoms in total. The highest BCUT2D eigenvalue weighted by Crippen LogP contribution is 2.29. The molecule has 1 aromatic carbocycles. The number of nitro groups is 1. The lowest BCUT2D eigenvalue weighted by molar-refractivity contribution is -0.385. The van der Waals surface area contributed by atoms with Crippen LogP contribution in [0.3, 0.4) is 0 Å². The molecule has 0 unspecified atom stereocenters. The monoisotopic (exact) mass is 221 g/mol. The topological polar surface area (TPSA) is 69.4 Å². The fourth-order valence-corrected chi connectivity index (χ4v) is 1.33. The van der Waals surface area contributed by atoms with Crippen LogP contribution in [-0.4, -0.2) is 10.9 Å². The van der Waals surface area contributed by atoms with Gasteiger partial charge < -0.3 is 4.74 Å². The van der Waals surface area contributed by atoms with Crippen LogP contribution in [0.1, 0.15) is 12.5 Å². The molecule has 0 fully saturated rings. The summed E-state index contributed by atoms with van der Waals surface area (Å²) in [5, 5.41) is 10.8. The molecule has 0 aromatic heterocycles. The molecular formula is C11H11NO4. The second-order valence-corrected chi connectivity index (χ2v) is 3.10. The molecule has 0 aliphatic rings. The van der Waals surface area contributed by atoms with Crippen molar-refractivity contribution in [2.45, 2.75) is 13.3 Å². The summed E-state index contributed by atoms with van der Waals surface area (Å²) in [6, 6.07) is 4.36. The number of nitro benzene ring substituents is 1. The molecule has 0 atom stereocenters. The quantitative estimate of drug-likeness (QED) is 0.257. The van der Waals surface area contributed by atoms with Gasteiger partial charge in [0.15, 0.2) is 0 Å². The minimum atomic E-state index is -0.509. The van der Waals surface area contributed by atoms with E-state index < -0.39 is 10.9 Å². The molecule has 0 heterocycles. The molecule has 0 saturated heterocycles. The Morgan fingerprint density at radius 3 is 2.81 bits per heavy atom. The highest BCUT2D eigenvalue weighted by atomic mass is 16.6. The summed E-state index contributed by atoms with van der Waals surface area (Å²) in [4.78, 5) is 21.1. The van der Waals surface area contributed by atoms with Crippen molar-refractivity contribution in [3.8, 4) is 5.75 Å². The van der Waals surface area contributed by atoms with Crippen molar-refractivity contribution in [2.75, 3.05) is 0 Å². The van der Waals surface area contributed by atoms with E-state index in [1.165, 1.54) is 31.2 Å². The van der Waals surface area contributed by atoms with Gasteiger partial charge >= 0.3 is 5.97 Å². The lowest BCUT2D eigenvalue weighted by Gasteiger charge is -2.07. The summed E-state index contributed by atoms with van der Waals surface area (Å²) < 4.78 is 4.90. The number of hydrogen-bond acceptors (Lipinski definition) is 4. The maximum Gasteiger partial charge on any atom is 0.308 e. The summed E-state index contributed by atoms with van der Waals surface area (Å²) in [6.07, 6.45) is 1.80. The first-order valence-corrected chi connectivity index (χ1v) is 4.62. The molecule has 0 aliphatic heterocycles. The number of nitrogens with zero attached hydrogens (tertiary/aromatic N) is 1. The molecule has 0 saturated carbocycles. The van der Waals surface area contributed by atoms with E-state index in [1.807, 2.05) is 0 Å². The van der Waals surface area contributed by atoms with Gasteiger partial charge in [-0.15, -0.1) is 6.58 Å². The van der Waals surface area contributed by atoms with Crippen molar-refractivity contribution in [1.29, 1.82) is 0 Å². The van der Waals surface area contributed by atoms with Gasteiger partial charge in [-0.2, -0.15) is 0 Å². The van der Waals surface area contributed by atoms with E-state index in [0.717, 1.165) is 0 Å². The van der Waals surface area contributed by atoms with Crippen LogP contribution in [0.2, 0.25) is 0 Å². The summed E-state index contributed by atoms with van der Waals surface area (Å²) in [7, 11) is 0. The summed E-state index contributed by atoms with van der Waals surface area (Å²) >= 11 is 0. The van der Waals surface area contributed by atoms with Gasteiger partial charge in [-0.25, -0.2) is 0 Å². The largest absolute Gasteiger partial charge is 0.426 e. The SMILES string of the molecule is C=CCc1c(OC(C)=O)cccc1[N+](=O)[O-]. The molecule has 5 heteroatoms. The van der Waals surface area contributed by atoms with Gasteiger partial charge in [0.05, 0.1) is 10.5 Å². The first-order chi connectivity index (χ1) is 7.56. The molecule has 0 radical (unpaired) electrons. The van der Waals surface area contributed by atoms with Crippen LogP contribution in [0, 0.1) is 10.1 Å². The maximum absolute atomic E-state index is 10.8. The number of carbonyl (C=O) groups excluding carboxylic acids is 1. The molecule has 16 heavy (non-hydrogen) atoms. The van der Waals surface area contributed by atoms with Crippen LogP contribution in [0.25, 0.3) is 0 Å². The molecule has 84 valence electrons. The third-order valence-corrected chi connectivity index (χ3v) is 1.91. The Balaban J connectivity index is 3.25. The normalized spacial score (nSPS) is 9.56. The van der Waals surface area contributed by atoms with E-state index in [2.05, 4.69) is 6.58 Å². The van der Waals surface area contributed by atoms with E-state index in [0.29, 0.717) is 5.56 Å². The summed E-state index contributed by atoms with van der Waals surface area (Å²) in [6.45, 7) is 4.76. The number of benzene rings is 1. The second kappa shape index (κ2) is 5.06. The van der Waals surface area contributed by atoms with E-state index in [1.54, 1.807) is 0 Å². The van der Waals surface area contributed by atoms with Crippen molar-refractivity contribution < 1.29 is 14.5 Å². The Labute approximate surface area is 92.5 Å². The number of ether oxygens (including phenoxy) is 1. The standard InChI is InChI=1S/C11H11NO4/c1-3-5-9-10(12(14)15)6-4-7-11(9)16-8(2)13/h3-4,6-7H,1,5H2,2H3. The molecule has 0 N–H and O–H groups in total. The number of hydrogen-bond donors (Lipinski definition) is 0. The van der Waals surface area contributed by atoms with E-state index >= 15 is 0 Å². The third kappa shape index (κ3) is 2.66. The molecule has 1 aromatic rings. The van der Waals surface area contributed by atoms with Crippen LogP contribution >= 0.6 is 0 Å². The Morgan fingerprint density at radius 2 is 2.31 bits per heavy atom. The Kier molecular flexibility index (Phi) is 3.77. The molecular weight excluding hydrogens is 210 g/mol. The first kappa shape index (κ1) is 11.9. The van der Waals surface area contributed by atoms with E-state index in [4.69, 9.17) is 4.74 Å². The summed E-state index contributed by atoms with van der Waals surface area (Å²) in [5.74, 6) is -0.299. The first-order valence-electron chi connectivity index (χ1n) is 4.62. The molecule has 0 aliphatic carbocycles. The summed E-state index contributed by atoms with van der Waals surface area (Å²) in [5.41, 5.74) is 0.288. The van der Waals surface area contributed by atoms with Crippen molar-refractivity contribution in [3.05, 3.63) is 46.5 Å². The van der Waals surface area contributed by atoms with Crippen LogP contribution in [-0.2, 0) is 11.2 Å². The van der Waals surface area contributed by atoms with E-state index in [9.17, 15) is 14.9 Å². The van der Waals surface area contributed by atoms with Crippen molar-refractivity contribution in [2.24, 2.45) is 0 Å². The van der Waals surface area contributed by atoms with Gasteiger partial charge in [-0.3, -0.25) is 14.9 Å². The van der Waals surface area contributed by atoms with Crippen LogP contribution in [0.4, 0.5) is 5.69 Å². The van der Waals surface area contributed by atoms with Gasteiger partial charge in [0.2, 0.25) is 0 Å². The number of allylic oxidation sites excluding steroid dienone is 1. The molecule has 0 amide bonds. The zero-order valence-electron chi connectivity index (χ0n) is 8.80. The van der Waals surface area contributed by atoms with Crippen molar-refractivity contribution in [3.63, 3.8) is 0 Å². The number of esters is 1. The lowest BCUT2D eigenvalue weighted by atomic mass is 10.1. The molecule has 0 spiro atoms. The maximum atomic E-state index is 10.8. The zero-order chi connectivity index (χ0) is 12.1. The van der Waals surface area contributed by atoms with Gasteiger partial charge in [-0.1, -0.05) is 12.1 Å². The predicted octanol–water partition coefficient (Wildman–Crippen LogP) is 2.25. The minimum absolute atomic E-state index is 0.0707. The second-order valence-electron chi connectivity index (χ2n) is 3.10. The van der Waals surface area contributed by atoms with Crippen molar-refractivity contribution in [1.82, 2.24) is 0 Å². The van der Waals surface area contributed by atoms with Gasteiger partial charge in [-0.05, 0) is 6.07 Å². The van der Waals surface area contributed by atoms with Gasteiger partial charge in [0.1, 0.15) is 5.75 Å². The molecule has 0 bridgehead atoms. The zero-order valence-corrected chi connectivity index (χ0v) is 8.80. The van der Waals surface area contributed by atoms with Crippen LogP contribution in [0.5, 0.6) is 5.75 Å². The lowest BCUT2D eigenvalue weighted by Crippen LogP contribution is -2.05. The van der Waals surface area contributed by atoms with Crippen LogP contribution in [0.15, 0.2) is 30.9 Å². The fraction of sp³-hybridized carbons (Fsp3) is 0.182. The number of rotatable bonds is 4. The Bertz CT molecular complexity index is 440. The number of carbonyl (C=O) groups is 1. The average Bonchev–Trinajstić information content (AvgIpc) is 2.19. The average molecular weight is 221 g/mol. The minimum Gasteiger partial charge on any atom is -0.426 e. The van der Waals surface area contributed by atoms with Crippen LogP contribution < -0.4 is 4.74 Å². The Morgan fingerprint density at radius 1 is 1.62 bits per heavy atom. The smallest absolute Gasteiger partial charge is 0.308 e. The third-order valence-electron chi connectivity index (χ3n) is 1.91. The van der Waals surface area contributed by atoms with Gasteiger partial charge in [0.25, 0.3) is 5.69 Å². The predicted molar refractivity (Wildman–Crippen MR) is 58.3 cm³/mol. The molecule has 1 rings (SSSR count). The highest BCUT2D eigenvalue weighted by Gasteiger charge is 2.17. The highest BCUT2D eigenvalue weighted by molar-refractivity contribution is 5.70. The fourth-order valence-electron chi connectivity index (χ4n) is 1.33.